The summed E-state index contributed by atoms with van der Waals surface area (Å²) in [5.74, 6) is 0. The van der Waals surface area contributed by atoms with Gasteiger partial charge in [0.25, 0.3) is 0 Å². The van der Waals surface area contributed by atoms with Crippen molar-refractivity contribution in [3.05, 3.63) is 57.5 Å². The van der Waals surface area contributed by atoms with Crippen LogP contribution in [0.15, 0.2) is 57.5 Å². The van der Waals surface area contributed by atoms with Gasteiger partial charge in [0, 0.05) is 32.3 Å². The summed E-state index contributed by atoms with van der Waals surface area (Å²) in [5, 5.41) is 2.38. The van der Waals surface area contributed by atoms with Crippen molar-refractivity contribution in [1.82, 2.24) is 9.55 Å². The molecule has 25 heavy (non-hydrogen) atoms. The molecule has 0 fully saturated rings. The highest BCUT2D eigenvalue weighted by atomic mass is 79.9. The van der Waals surface area contributed by atoms with Gasteiger partial charge in [0.05, 0.1) is 16.9 Å². The monoisotopic (exact) mass is 462 g/mol. The molecule has 2 aromatic heterocycles. The van der Waals surface area contributed by atoms with Gasteiger partial charge in [-0.25, -0.2) is 0 Å². The standard InChI is InChI=1S/C18H14Br2N2O.C2H6/c1-23-10-22-17-5-4-13(19)6-12(17)8-18(22)16-7-11-2-3-14(20)9-15(11)21-16;1-2/h2-9,21H,10H2,1H3;1-2H3. The van der Waals surface area contributed by atoms with Crippen LogP contribution < -0.4 is 0 Å². The molecule has 3 nitrogen and oxygen atoms in total. The van der Waals surface area contributed by atoms with Crippen molar-refractivity contribution in [2.75, 3.05) is 7.11 Å². The molecule has 0 unspecified atom stereocenters. The van der Waals surface area contributed by atoms with Gasteiger partial charge in [-0.2, -0.15) is 0 Å². The first-order valence-electron chi connectivity index (χ1n) is 8.22. The van der Waals surface area contributed by atoms with Gasteiger partial charge in [0.15, 0.2) is 0 Å². The molecule has 4 aromatic rings. The number of rotatable bonds is 3. The molecule has 0 aliphatic rings. The van der Waals surface area contributed by atoms with Crippen LogP contribution in [0.4, 0.5) is 0 Å². The fourth-order valence-corrected chi connectivity index (χ4v) is 3.71. The summed E-state index contributed by atoms with van der Waals surface area (Å²) in [5.41, 5.74) is 4.48. The maximum atomic E-state index is 5.41. The SMILES string of the molecule is CC.COCn1c(-c2cc3ccc(Br)cc3[nH]2)cc2cc(Br)ccc21. The Labute approximate surface area is 164 Å². The van der Waals surface area contributed by atoms with Crippen molar-refractivity contribution in [3.63, 3.8) is 0 Å². The predicted molar refractivity (Wildman–Crippen MR) is 113 cm³/mol. The summed E-state index contributed by atoms with van der Waals surface area (Å²) in [6.45, 7) is 4.51. The molecule has 130 valence electrons. The number of aromatic amines is 1. The van der Waals surface area contributed by atoms with Crippen LogP contribution in [0, 0.1) is 0 Å². The number of aromatic nitrogens is 2. The minimum Gasteiger partial charge on any atom is -0.364 e. The first-order valence-corrected chi connectivity index (χ1v) is 9.81. The van der Waals surface area contributed by atoms with Gasteiger partial charge in [-0.05, 0) is 42.5 Å². The minimum absolute atomic E-state index is 0.513. The topological polar surface area (TPSA) is 29.9 Å². The highest BCUT2D eigenvalue weighted by Crippen LogP contribution is 2.32. The molecule has 0 amide bonds. The number of hydrogen-bond donors (Lipinski definition) is 1. The average molecular weight is 464 g/mol. The van der Waals surface area contributed by atoms with Gasteiger partial charge in [0.2, 0.25) is 0 Å². The Hall–Kier alpha value is -1.56. The van der Waals surface area contributed by atoms with Gasteiger partial charge in [-0.15, -0.1) is 0 Å². The first-order chi connectivity index (χ1) is 12.2. The van der Waals surface area contributed by atoms with Gasteiger partial charge in [0.1, 0.15) is 6.73 Å². The first kappa shape index (κ1) is 18.2. The predicted octanol–water partition coefficient (Wildman–Crippen LogP) is 6.94. The third kappa shape index (κ3) is 3.54. The molecule has 0 radical (unpaired) electrons. The van der Waals surface area contributed by atoms with Gasteiger partial charge < -0.3 is 14.3 Å². The molecular formula is C20H20Br2N2O. The van der Waals surface area contributed by atoms with E-state index in [1.165, 1.54) is 10.8 Å². The zero-order valence-corrected chi connectivity index (χ0v) is 17.6. The largest absolute Gasteiger partial charge is 0.364 e. The Kier molecular flexibility index (Phi) is 5.67. The van der Waals surface area contributed by atoms with E-state index in [1.54, 1.807) is 7.11 Å². The van der Waals surface area contributed by atoms with Crippen LogP contribution >= 0.6 is 31.9 Å². The Morgan fingerprint density at radius 2 is 1.64 bits per heavy atom. The number of ether oxygens (including phenoxy) is 1. The van der Waals surface area contributed by atoms with E-state index < -0.39 is 0 Å². The Morgan fingerprint density at radius 1 is 0.920 bits per heavy atom. The van der Waals surface area contributed by atoms with Gasteiger partial charge in [-0.1, -0.05) is 51.8 Å². The lowest BCUT2D eigenvalue weighted by molar-refractivity contribution is 0.136. The summed E-state index contributed by atoms with van der Waals surface area (Å²) < 4.78 is 9.74. The van der Waals surface area contributed by atoms with Crippen LogP contribution in [0.2, 0.25) is 0 Å². The minimum atomic E-state index is 0.513. The van der Waals surface area contributed by atoms with Crippen molar-refractivity contribution < 1.29 is 4.74 Å². The van der Waals surface area contributed by atoms with Gasteiger partial charge in [-0.3, -0.25) is 0 Å². The number of halogens is 2. The Bertz CT molecular complexity index is 1020. The molecule has 2 heterocycles. The number of nitrogens with zero attached hydrogens (tertiary/aromatic N) is 1. The normalized spacial score (nSPS) is 10.9. The third-order valence-corrected chi connectivity index (χ3v) is 4.97. The van der Waals surface area contributed by atoms with Crippen molar-refractivity contribution in [1.29, 1.82) is 0 Å². The van der Waals surface area contributed by atoms with E-state index in [0.717, 1.165) is 31.4 Å². The maximum absolute atomic E-state index is 5.41. The molecule has 0 saturated carbocycles. The summed E-state index contributed by atoms with van der Waals surface area (Å²) in [4.78, 5) is 3.51. The second-order valence-electron chi connectivity index (χ2n) is 5.49. The van der Waals surface area contributed by atoms with Crippen LogP contribution in [0.3, 0.4) is 0 Å². The van der Waals surface area contributed by atoms with E-state index in [9.17, 15) is 0 Å². The lowest BCUT2D eigenvalue weighted by Crippen LogP contribution is -2.01. The molecular weight excluding hydrogens is 444 g/mol. The second-order valence-corrected chi connectivity index (χ2v) is 7.32. The lowest BCUT2D eigenvalue weighted by atomic mass is 10.2. The van der Waals surface area contributed by atoms with E-state index in [0.29, 0.717) is 6.73 Å². The van der Waals surface area contributed by atoms with Crippen LogP contribution in [-0.4, -0.2) is 16.7 Å². The summed E-state index contributed by atoms with van der Waals surface area (Å²) >= 11 is 7.07. The summed E-state index contributed by atoms with van der Waals surface area (Å²) in [6.07, 6.45) is 0. The Morgan fingerprint density at radius 3 is 2.40 bits per heavy atom. The highest BCUT2D eigenvalue weighted by Gasteiger charge is 2.13. The maximum Gasteiger partial charge on any atom is 0.123 e. The number of fused-ring (bicyclic) bond motifs is 2. The zero-order valence-electron chi connectivity index (χ0n) is 14.4. The number of benzene rings is 2. The van der Waals surface area contributed by atoms with E-state index in [-0.39, 0.29) is 0 Å². The quantitative estimate of drug-likeness (QED) is 0.350. The number of nitrogens with one attached hydrogen (secondary N) is 1. The smallest absolute Gasteiger partial charge is 0.123 e. The van der Waals surface area contributed by atoms with Crippen LogP contribution in [0.25, 0.3) is 33.2 Å². The average Bonchev–Trinajstić information content (AvgIpc) is 3.17. The molecule has 0 aliphatic heterocycles. The number of hydrogen-bond acceptors (Lipinski definition) is 1. The van der Waals surface area contributed by atoms with E-state index in [4.69, 9.17) is 4.74 Å². The number of H-pyrrole nitrogens is 1. The zero-order chi connectivity index (χ0) is 18.0. The van der Waals surface area contributed by atoms with Crippen LogP contribution in [0.1, 0.15) is 13.8 Å². The molecule has 5 heteroatoms. The summed E-state index contributed by atoms with van der Waals surface area (Å²) in [7, 11) is 1.72. The molecule has 0 spiro atoms. The molecule has 2 aromatic carbocycles. The second kappa shape index (κ2) is 7.77. The molecule has 0 saturated heterocycles. The van der Waals surface area contributed by atoms with Crippen molar-refractivity contribution in [2.24, 2.45) is 0 Å². The third-order valence-electron chi connectivity index (χ3n) is 3.98. The fraction of sp³-hybridized carbons (Fsp3) is 0.200. The van der Waals surface area contributed by atoms with Crippen molar-refractivity contribution in [2.45, 2.75) is 20.6 Å². The molecule has 0 atom stereocenters. The molecule has 4 rings (SSSR count). The van der Waals surface area contributed by atoms with Gasteiger partial charge >= 0.3 is 0 Å². The fourth-order valence-electron chi connectivity index (χ4n) is 2.97. The highest BCUT2D eigenvalue weighted by molar-refractivity contribution is 9.10. The molecule has 0 bridgehead atoms. The van der Waals surface area contributed by atoms with Crippen molar-refractivity contribution >= 4 is 53.7 Å². The number of methoxy groups -OCH3 is 1. The molecule has 0 aliphatic carbocycles. The Balaban J connectivity index is 0.000000880. The van der Waals surface area contributed by atoms with E-state index in [1.807, 2.05) is 13.8 Å². The van der Waals surface area contributed by atoms with Crippen LogP contribution in [-0.2, 0) is 11.5 Å². The lowest BCUT2D eigenvalue weighted by Gasteiger charge is -2.08. The summed E-state index contributed by atoms with van der Waals surface area (Å²) in [6, 6.07) is 16.9. The van der Waals surface area contributed by atoms with E-state index >= 15 is 0 Å². The van der Waals surface area contributed by atoms with E-state index in [2.05, 4.69) is 89.9 Å². The van der Waals surface area contributed by atoms with Crippen molar-refractivity contribution in [3.8, 4) is 11.4 Å². The van der Waals surface area contributed by atoms with Crippen LogP contribution in [0.5, 0.6) is 0 Å². The molecule has 1 N–H and O–H groups in total.